The zero-order valence-corrected chi connectivity index (χ0v) is 8.55. The lowest BCUT2D eigenvalue weighted by molar-refractivity contribution is 0.0961. The van der Waals surface area contributed by atoms with Crippen LogP contribution in [-0.2, 0) is 6.54 Å². The second-order valence-electron chi connectivity index (χ2n) is 2.74. The number of amides is 1. The van der Waals surface area contributed by atoms with Crippen LogP contribution in [0.5, 0.6) is 5.75 Å². The summed E-state index contributed by atoms with van der Waals surface area (Å²) in [5, 5.41) is 11.7. The Morgan fingerprint density at radius 2 is 2.31 bits per heavy atom. The van der Waals surface area contributed by atoms with E-state index in [0.717, 1.165) is 0 Å². The van der Waals surface area contributed by atoms with Crippen molar-refractivity contribution in [3.05, 3.63) is 26.6 Å². The number of rotatable bonds is 0. The zero-order valence-electron chi connectivity index (χ0n) is 6.40. The molecule has 5 heteroatoms. The van der Waals surface area contributed by atoms with Gasteiger partial charge in [-0.05, 0) is 34.2 Å². The topological polar surface area (TPSA) is 49.3 Å². The number of halogens is 2. The lowest BCUT2D eigenvalue weighted by atomic mass is 10.1. The fourth-order valence-corrected chi connectivity index (χ4v) is 1.92. The summed E-state index contributed by atoms with van der Waals surface area (Å²) in [6.45, 7) is 0.335. The number of fused-ring (bicyclic) bond motifs is 1. The van der Waals surface area contributed by atoms with Gasteiger partial charge in [0.25, 0.3) is 5.91 Å². The molecule has 3 nitrogen and oxygen atoms in total. The summed E-state index contributed by atoms with van der Waals surface area (Å²) in [6, 6.07) is 1.60. The van der Waals surface area contributed by atoms with Crippen LogP contribution in [0.15, 0.2) is 6.07 Å². The predicted molar refractivity (Wildman–Crippen MR) is 52.0 cm³/mol. The first-order chi connectivity index (χ1) is 6.11. The normalized spacial score (nSPS) is 14.2. The monoisotopic (exact) mass is 293 g/mol. The smallest absolute Gasteiger partial charge is 0.255 e. The molecule has 1 heterocycles. The van der Waals surface area contributed by atoms with E-state index >= 15 is 0 Å². The Morgan fingerprint density at radius 3 is 3.00 bits per heavy atom. The Labute approximate surface area is 87.1 Å². The van der Waals surface area contributed by atoms with E-state index in [1.807, 2.05) is 22.6 Å². The molecule has 2 N–H and O–H groups in total. The molecule has 0 unspecified atom stereocenters. The van der Waals surface area contributed by atoms with Gasteiger partial charge in [0.05, 0.1) is 9.13 Å². The summed E-state index contributed by atoms with van der Waals surface area (Å²) >= 11 is 1.82. The number of phenols is 1. The molecular weight excluding hydrogens is 288 g/mol. The van der Waals surface area contributed by atoms with Crippen LogP contribution in [0.3, 0.4) is 0 Å². The fraction of sp³-hybridized carbons (Fsp3) is 0.125. The average Bonchev–Trinajstić information content (AvgIpc) is 2.43. The summed E-state index contributed by atoms with van der Waals surface area (Å²) < 4.78 is 13.7. The molecule has 0 fully saturated rings. The van der Waals surface area contributed by atoms with Crippen molar-refractivity contribution in [3.8, 4) is 5.75 Å². The van der Waals surface area contributed by atoms with Crippen molar-refractivity contribution >= 4 is 28.5 Å². The van der Waals surface area contributed by atoms with Crippen molar-refractivity contribution in [2.75, 3.05) is 0 Å². The Kier molecular flexibility index (Phi) is 1.90. The molecule has 1 aromatic carbocycles. The fourth-order valence-electron chi connectivity index (χ4n) is 1.31. The minimum Gasteiger partial charge on any atom is -0.504 e. The van der Waals surface area contributed by atoms with Gasteiger partial charge < -0.3 is 10.4 Å². The Hall–Kier alpha value is -0.850. The van der Waals surface area contributed by atoms with Crippen LogP contribution >= 0.6 is 22.6 Å². The minimum absolute atomic E-state index is 0.0297. The Bertz CT molecular complexity index is 406. The van der Waals surface area contributed by atoms with Crippen LogP contribution in [-0.4, -0.2) is 11.0 Å². The summed E-state index contributed by atoms with van der Waals surface area (Å²) in [5.41, 5.74) is 0.572. The highest BCUT2D eigenvalue weighted by molar-refractivity contribution is 14.1. The highest BCUT2D eigenvalue weighted by atomic mass is 127. The van der Waals surface area contributed by atoms with E-state index in [9.17, 15) is 14.3 Å². The molecule has 0 spiro atoms. The largest absolute Gasteiger partial charge is 0.504 e. The molecule has 0 saturated heterocycles. The molecule has 1 aliphatic rings. The van der Waals surface area contributed by atoms with E-state index in [1.54, 1.807) is 6.07 Å². The molecule has 0 aliphatic carbocycles. The third-order valence-corrected chi connectivity index (χ3v) is 2.76. The molecule has 1 amide bonds. The van der Waals surface area contributed by atoms with Gasteiger partial charge in [0.15, 0.2) is 11.6 Å². The molecule has 0 aromatic heterocycles. The Morgan fingerprint density at radius 1 is 1.62 bits per heavy atom. The lowest BCUT2D eigenvalue weighted by Gasteiger charge is -2.02. The van der Waals surface area contributed by atoms with Crippen LogP contribution in [0.4, 0.5) is 4.39 Å². The van der Waals surface area contributed by atoms with Crippen molar-refractivity contribution in [2.24, 2.45) is 0 Å². The number of aromatic hydroxyl groups is 1. The minimum atomic E-state index is -0.822. The molecule has 68 valence electrons. The SMILES string of the molecule is O=C1NCc2cc(I)c(O)c(F)c21. The summed E-state index contributed by atoms with van der Waals surface area (Å²) in [5.74, 6) is -1.73. The lowest BCUT2D eigenvalue weighted by Crippen LogP contribution is -2.13. The molecule has 0 bridgehead atoms. The van der Waals surface area contributed by atoms with Crippen molar-refractivity contribution in [3.63, 3.8) is 0 Å². The van der Waals surface area contributed by atoms with Crippen molar-refractivity contribution in [1.82, 2.24) is 5.32 Å². The molecule has 1 aromatic rings. The molecule has 2 rings (SSSR count). The van der Waals surface area contributed by atoms with E-state index in [2.05, 4.69) is 5.32 Å². The van der Waals surface area contributed by atoms with Crippen LogP contribution in [0.25, 0.3) is 0 Å². The van der Waals surface area contributed by atoms with Gasteiger partial charge in [-0.15, -0.1) is 0 Å². The third kappa shape index (κ3) is 1.18. The molecule has 0 saturated carbocycles. The Balaban J connectivity index is 2.75. The van der Waals surface area contributed by atoms with E-state index < -0.39 is 17.5 Å². The number of carbonyl (C=O) groups is 1. The van der Waals surface area contributed by atoms with Gasteiger partial charge >= 0.3 is 0 Å². The molecule has 1 aliphatic heterocycles. The van der Waals surface area contributed by atoms with Crippen molar-refractivity contribution in [2.45, 2.75) is 6.54 Å². The molecule has 13 heavy (non-hydrogen) atoms. The van der Waals surface area contributed by atoms with Crippen molar-refractivity contribution < 1.29 is 14.3 Å². The number of carbonyl (C=O) groups excluding carboxylic acids is 1. The van der Waals surface area contributed by atoms with Gasteiger partial charge in [-0.1, -0.05) is 0 Å². The number of hydrogen-bond donors (Lipinski definition) is 2. The maximum absolute atomic E-state index is 13.3. The summed E-state index contributed by atoms with van der Waals surface area (Å²) in [7, 11) is 0. The zero-order chi connectivity index (χ0) is 9.59. The second-order valence-corrected chi connectivity index (χ2v) is 3.90. The average molecular weight is 293 g/mol. The maximum Gasteiger partial charge on any atom is 0.255 e. The standard InChI is InChI=1S/C8H5FINO2/c9-6-5-3(2-11-8(5)13)1-4(10)7(6)12/h1,12H,2H2,(H,11,13). The number of phenolic OH excluding ortho intramolecular Hbond substituents is 1. The van der Waals surface area contributed by atoms with Gasteiger partial charge in [-0.3, -0.25) is 4.79 Å². The first kappa shape index (κ1) is 8.74. The van der Waals surface area contributed by atoms with Crippen LogP contribution in [0.2, 0.25) is 0 Å². The third-order valence-electron chi connectivity index (χ3n) is 1.94. The van der Waals surface area contributed by atoms with Crippen LogP contribution in [0, 0.1) is 9.39 Å². The highest BCUT2D eigenvalue weighted by Gasteiger charge is 2.26. The van der Waals surface area contributed by atoms with Gasteiger partial charge in [0.2, 0.25) is 0 Å². The van der Waals surface area contributed by atoms with E-state index in [-0.39, 0.29) is 5.56 Å². The summed E-state index contributed by atoms with van der Waals surface area (Å²) in [4.78, 5) is 11.1. The van der Waals surface area contributed by atoms with Gasteiger partial charge in [-0.25, -0.2) is 4.39 Å². The number of nitrogens with one attached hydrogen (secondary N) is 1. The summed E-state index contributed by atoms with van der Waals surface area (Å²) in [6.07, 6.45) is 0. The second kappa shape index (κ2) is 2.83. The molecular formula is C8H5FINO2. The molecule has 0 atom stereocenters. The van der Waals surface area contributed by atoms with Gasteiger partial charge in [0, 0.05) is 6.54 Å². The van der Waals surface area contributed by atoms with Crippen LogP contribution < -0.4 is 5.32 Å². The predicted octanol–water partition coefficient (Wildman–Crippen LogP) is 1.38. The maximum atomic E-state index is 13.3. The van der Waals surface area contributed by atoms with Gasteiger partial charge in [0.1, 0.15) is 0 Å². The number of hydrogen-bond acceptors (Lipinski definition) is 2. The van der Waals surface area contributed by atoms with E-state index in [4.69, 9.17) is 0 Å². The molecule has 0 radical (unpaired) electrons. The highest BCUT2D eigenvalue weighted by Crippen LogP contribution is 2.30. The van der Waals surface area contributed by atoms with Gasteiger partial charge in [-0.2, -0.15) is 0 Å². The first-order valence-corrected chi connectivity index (χ1v) is 4.67. The van der Waals surface area contributed by atoms with E-state index in [0.29, 0.717) is 15.7 Å². The first-order valence-electron chi connectivity index (χ1n) is 3.59. The number of benzene rings is 1. The van der Waals surface area contributed by atoms with E-state index in [1.165, 1.54) is 0 Å². The van der Waals surface area contributed by atoms with Crippen molar-refractivity contribution in [1.29, 1.82) is 0 Å². The van der Waals surface area contributed by atoms with Crippen LogP contribution in [0.1, 0.15) is 15.9 Å². The quantitative estimate of drug-likeness (QED) is 0.710.